The van der Waals surface area contributed by atoms with Crippen molar-refractivity contribution in [1.82, 2.24) is 16.0 Å². The van der Waals surface area contributed by atoms with E-state index < -0.39 is 11.8 Å². The van der Waals surface area contributed by atoms with Gasteiger partial charge in [0.15, 0.2) is 0 Å². The summed E-state index contributed by atoms with van der Waals surface area (Å²) in [4.78, 5) is 34.2. The summed E-state index contributed by atoms with van der Waals surface area (Å²) in [5.74, 6) is -1.98. The van der Waals surface area contributed by atoms with E-state index in [1.807, 2.05) is 61.5 Å². The van der Waals surface area contributed by atoms with Crippen LogP contribution in [0.2, 0.25) is 0 Å². The minimum Gasteiger partial charge on any atom is -0.351 e. The maximum Gasteiger partial charge on any atom is 0.309 e. The fourth-order valence-corrected chi connectivity index (χ4v) is 2.33. The van der Waals surface area contributed by atoms with Crippen molar-refractivity contribution in [2.45, 2.75) is 13.0 Å². The van der Waals surface area contributed by atoms with Crippen LogP contribution in [0.5, 0.6) is 0 Å². The SMILES string of the molecule is CNC(=O)C(=O)NCC(=O)NC(C)c1ccc(-c2ccccc2)cc1. The summed E-state index contributed by atoms with van der Waals surface area (Å²) < 4.78 is 0. The third-order valence-corrected chi connectivity index (χ3v) is 3.74. The van der Waals surface area contributed by atoms with Gasteiger partial charge in [-0.25, -0.2) is 0 Å². The third-order valence-electron chi connectivity index (χ3n) is 3.74. The largest absolute Gasteiger partial charge is 0.351 e. The van der Waals surface area contributed by atoms with Crippen LogP contribution in [-0.4, -0.2) is 31.3 Å². The third kappa shape index (κ3) is 5.17. The molecule has 0 spiro atoms. The Labute approximate surface area is 146 Å². The molecule has 0 aromatic heterocycles. The molecule has 0 aliphatic carbocycles. The van der Waals surface area contributed by atoms with E-state index in [0.717, 1.165) is 16.7 Å². The van der Waals surface area contributed by atoms with Crippen LogP contribution < -0.4 is 16.0 Å². The summed E-state index contributed by atoms with van der Waals surface area (Å²) in [5.41, 5.74) is 3.18. The first-order valence-corrected chi connectivity index (χ1v) is 7.96. The number of hydrogen-bond donors (Lipinski definition) is 3. The van der Waals surface area contributed by atoms with Crippen LogP contribution in [0, 0.1) is 0 Å². The van der Waals surface area contributed by atoms with Gasteiger partial charge in [0.05, 0.1) is 12.6 Å². The van der Waals surface area contributed by atoms with E-state index in [9.17, 15) is 14.4 Å². The topological polar surface area (TPSA) is 87.3 Å². The van der Waals surface area contributed by atoms with Crippen molar-refractivity contribution >= 4 is 17.7 Å². The van der Waals surface area contributed by atoms with Gasteiger partial charge >= 0.3 is 11.8 Å². The Morgan fingerprint density at radius 3 is 2.08 bits per heavy atom. The van der Waals surface area contributed by atoms with E-state index in [4.69, 9.17) is 0 Å². The molecule has 25 heavy (non-hydrogen) atoms. The first-order chi connectivity index (χ1) is 12.0. The zero-order valence-electron chi connectivity index (χ0n) is 14.2. The fraction of sp³-hybridized carbons (Fsp3) is 0.211. The standard InChI is InChI=1S/C19H21N3O3/c1-13(22-17(23)12-21-19(25)18(24)20-2)14-8-10-16(11-9-14)15-6-4-3-5-7-15/h3-11,13H,12H2,1-2H3,(H,20,24)(H,21,25)(H,22,23). The molecule has 0 saturated carbocycles. The highest BCUT2D eigenvalue weighted by Gasteiger charge is 2.14. The van der Waals surface area contributed by atoms with Crippen LogP contribution in [0.1, 0.15) is 18.5 Å². The van der Waals surface area contributed by atoms with Crippen LogP contribution >= 0.6 is 0 Å². The van der Waals surface area contributed by atoms with Gasteiger partial charge in [-0.3, -0.25) is 14.4 Å². The summed E-state index contributed by atoms with van der Waals surface area (Å²) in [6, 6.07) is 17.7. The Morgan fingerprint density at radius 1 is 0.880 bits per heavy atom. The number of likely N-dealkylation sites (N-methyl/N-ethyl adjacent to an activating group) is 1. The molecule has 2 aromatic rings. The van der Waals surface area contributed by atoms with Gasteiger partial charge in [0, 0.05) is 7.05 Å². The van der Waals surface area contributed by atoms with E-state index in [1.54, 1.807) is 0 Å². The van der Waals surface area contributed by atoms with Crippen LogP contribution in [0.3, 0.4) is 0 Å². The average Bonchev–Trinajstić information content (AvgIpc) is 2.66. The molecule has 0 aliphatic heterocycles. The summed E-state index contributed by atoms with van der Waals surface area (Å²) >= 11 is 0. The number of carbonyl (C=O) groups is 3. The van der Waals surface area contributed by atoms with Gasteiger partial charge in [0.25, 0.3) is 0 Å². The molecule has 3 amide bonds. The van der Waals surface area contributed by atoms with Crippen molar-refractivity contribution < 1.29 is 14.4 Å². The van der Waals surface area contributed by atoms with E-state index in [1.165, 1.54) is 7.05 Å². The molecule has 2 aromatic carbocycles. The van der Waals surface area contributed by atoms with Crippen molar-refractivity contribution in [2.24, 2.45) is 0 Å². The second-order valence-electron chi connectivity index (χ2n) is 5.54. The fourth-order valence-electron chi connectivity index (χ4n) is 2.33. The number of benzene rings is 2. The van der Waals surface area contributed by atoms with Crippen LogP contribution in [0.15, 0.2) is 54.6 Å². The predicted octanol–water partition coefficient (Wildman–Crippen LogP) is 1.39. The average molecular weight is 339 g/mol. The first kappa shape index (κ1) is 18.2. The maximum absolute atomic E-state index is 11.9. The number of hydrogen-bond acceptors (Lipinski definition) is 3. The molecule has 3 N–H and O–H groups in total. The Hall–Kier alpha value is -3.15. The molecule has 1 atom stereocenters. The molecule has 6 nitrogen and oxygen atoms in total. The molecule has 0 heterocycles. The second-order valence-corrected chi connectivity index (χ2v) is 5.54. The maximum atomic E-state index is 11.9. The molecule has 0 fully saturated rings. The zero-order chi connectivity index (χ0) is 18.2. The lowest BCUT2D eigenvalue weighted by atomic mass is 10.0. The summed E-state index contributed by atoms with van der Waals surface area (Å²) in [6.07, 6.45) is 0. The van der Waals surface area contributed by atoms with Crippen LogP contribution in [0.4, 0.5) is 0 Å². The van der Waals surface area contributed by atoms with Gasteiger partial charge in [0.2, 0.25) is 5.91 Å². The Balaban J connectivity index is 1.90. The molecular formula is C19H21N3O3. The molecule has 0 aliphatic rings. The van der Waals surface area contributed by atoms with Gasteiger partial charge in [-0.1, -0.05) is 54.6 Å². The lowest BCUT2D eigenvalue weighted by Gasteiger charge is -2.15. The molecule has 0 saturated heterocycles. The van der Waals surface area contributed by atoms with Crippen molar-refractivity contribution in [3.8, 4) is 11.1 Å². The molecular weight excluding hydrogens is 318 g/mol. The lowest BCUT2D eigenvalue weighted by molar-refractivity contribution is -0.139. The number of amides is 3. The first-order valence-electron chi connectivity index (χ1n) is 7.96. The molecule has 130 valence electrons. The summed E-state index contributed by atoms with van der Waals surface area (Å²) in [5, 5.41) is 7.23. The predicted molar refractivity (Wildman–Crippen MR) is 95.5 cm³/mol. The normalized spacial score (nSPS) is 11.3. The van der Waals surface area contributed by atoms with Gasteiger partial charge in [-0.15, -0.1) is 0 Å². The Bertz CT molecular complexity index is 742. The van der Waals surface area contributed by atoms with Crippen molar-refractivity contribution in [1.29, 1.82) is 0 Å². The highest BCUT2D eigenvalue weighted by molar-refractivity contribution is 6.35. The Morgan fingerprint density at radius 2 is 1.48 bits per heavy atom. The molecule has 0 radical (unpaired) electrons. The van der Waals surface area contributed by atoms with Gasteiger partial charge < -0.3 is 16.0 Å². The van der Waals surface area contributed by atoms with E-state index >= 15 is 0 Å². The minimum absolute atomic E-state index is 0.214. The molecule has 1 unspecified atom stereocenters. The lowest BCUT2D eigenvalue weighted by Crippen LogP contribution is -2.43. The quantitative estimate of drug-likeness (QED) is 0.720. The van der Waals surface area contributed by atoms with E-state index in [2.05, 4.69) is 16.0 Å². The number of rotatable bonds is 5. The van der Waals surface area contributed by atoms with Crippen LogP contribution in [0.25, 0.3) is 11.1 Å². The van der Waals surface area contributed by atoms with Gasteiger partial charge in [-0.2, -0.15) is 0 Å². The smallest absolute Gasteiger partial charge is 0.309 e. The number of nitrogens with one attached hydrogen (secondary N) is 3. The second kappa shape index (κ2) is 8.63. The highest BCUT2D eigenvalue weighted by atomic mass is 16.2. The van der Waals surface area contributed by atoms with Gasteiger partial charge in [0.1, 0.15) is 0 Å². The number of carbonyl (C=O) groups excluding carboxylic acids is 3. The van der Waals surface area contributed by atoms with Crippen molar-refractivity contribution in [2.75, 3.05) is 13.6 Å². The van der Waals surface area contributed by atoms with Crippen molar-refractivity contribution in [3.63, 3.8) is 0 Å². The van der Waals surface area contributed by atoms with E-state index in [-0.39, 0.29) is 18.5 Å². The van der Waals surface area contributed by atoms with Crippen LogP contribution in [-0.2, 0) is 14.4 Å². The van der Waals surface area contributed by atoms with Crippen molar-refractivity contribution in [3.05, 3.63) is 60.2 Å². The minimum atomic E-state index is -0.836. The summed E-state index contributed by atoms with van der Waals surface area (Å²) in [7, 11) is 1.35. The highest BCUT2D eigenvalue weighted by Crippen LogP contribution is 2.21. The van der Waals surface area contributed by atoms with E-state index in [0.29, 0.717) is 0 Å². The monoisotopic (exact) mass is 339 g/mol. The molecule has 2 rings (SSSR count). The molecule has 0 bridgehead atoms. The molecule has 6 heteroatoms. The Kier molecular flexibility index (Phi) is 6.28. The zero-order valence-corrected chi connectivity index (χ0v) is 14.2. The van der Waals surface area contributed by atoms with Gasteiger partial charge in [-0.05, 0) is 23.6 Å². The summed E-state index contributed by atoms with van der Waals surface area (Å²) in [6.45, 7) is 1.61.